The number of pyridine rings is 1. The smallest absolute Gasteiger partial charge is 0.351 e. The van der Waals surface area contributed by atoms with Crippen molar-refractivity contribution in [1.82, 2.24) is 4.98 Å². The monoisotopic (exact) mass is 393 g/mol. The second-order valence-electron chi connectivity index (χ2n) is 6.09. The molecule has 2 aromatic carbocycles. The molecular weight excluding hydrogens is 379 g/mol. The second-order valence-corrected chi connectivity index (χ2v) is 6.53. The molecule has 3 rings (SSSR count). The lowest BCUT2D eigenvalue weighted by atomic mass is 10.1. The zero-order valence-corrected chi connectivity index (χ0v) is 15.0. The molecule has 1 heterocycles. The summed E-state index contributed by atoms with van der Waals surface area (Å²) in [5.41, 5.74) is 6.49. The van der Waals surface area contributed by atoms with Crippen LogP contribution in [0.1, 0.15) is 16.8 Å². The van der Waals surface area contributed by atoms with Gasteiger partial charge in [-0.1, -0.05) is 23.7 Å². The van der Waals surface area contributed by atoms with Crippen molar-refractivity contribution in [3.63, 3.8) is 0 Å². The fraction of sp³-hybridized carbons (Fsp3) is 0.158. The van der Waals surface area contributed by atoms with E-state index in [4.69, 9.17) is 17.3 Å². The fourth-order valence-electron chi connectivity index (χ4n) is 2.79. The number of urea groups is 1. The third-order valence-corrected chi connectivity index (χ3v) is 4.31. The largest absolute Gasteiger partial charge is 0.416 e. The Balaban J connectivity index is 2.03. The molecule has 0 saturated heterocycles. The highest BCUT2D eigenvalue weighted by Gasteiger charge is 2.30. The van der Waals surface area contributed by atoms with Crippen LogP contribution in [0.15, 0.2) is 48.7 Å². The van der Waals surface area contributed by atoms with Crippen LogP contribution >= 0.6 is 11.6 Å². The minimum absolute atomic E-state index is 0.00425. The molecule has 0 aliphatic rings. The lowest BCUT2D eigenvalue weighted by Gasteiger charge is -2.23. The number of primary amides is 1. The van der Waals surface area contributed by atoms with Crippen molar-refractivity contribution in [3.05, 3.63) is 70.5 Å². The van der Waals surface area contributed by atoms with Gasteiger partial charge in [0.05, 0.1) is 17.8 Å². The van der Waals surface area contributed by atoms with E-state index < -0.39 is 17.8 Å². The molecule has 2 N–H and O–H groups in total. The van der Waals surface area contributed by atoms with E-state index in [-0.39, 0.29) is 6.54 Å². The van der Waals surface area contributed by atoms with Crippen LogP contribution in [-0.4, -0.2) is 11.0 Å². The first-order valence-corrected chi connectivity index (χ1v) is 8.32. The van der Waals surface area contributed by atoms with Gasteiger partial charge in [-0.2, -0.15) is 13.2 Å². The number of amides is 2. The van der Waals surface area contributed by atoms with Crippen LogP contribution in [0, 0.1) is 6.92 Å². The molecule has 0 unspecified atom stereocenters. The zero-order valence-electron chi connectivity index (χ0n) is 14.2. The third kappa shape index (κ3) is 4.14. The molecule has 0 aliphatic heterocycles. The van der Waals surface area contributed by atoms with Crippen LogP contribution in [0.25, 0.3) is 10.8 Å². The first kappa shape index (κ1) is 19.0. The van der Waals surface area contributed by atoms with Crippen LogP contribution in [0.5, 0.6) is 0 Å². The number of carbonyl (C=O) groups excluding carboxylic acids is 1. The number of fused-ring (bicyclic) bond motifs is 1. The topological polar surface area (TPSA) is 59.2 Å². The summed E-state index contributed by atoms with van der Waals surface area (Å²) in [6.07, 6.45) is -2.78. The number of hydrogen-bond donors (Lipinski definition) is 1. The van der Waals surface area contributed by atoms with Crippen LogP contribution in [0.3, 0.4) is 0 Å². The van der Waals surface area contributed by atoms with Crippen molar-refractivity contribution in [3.8, 4) is 0 Å². The Labute approximate surface area is 158 Å². The highest BCUT2D eigenvalue weighted by molar-refractivity contribution is 6.32. The predicted octanol–water partition coefficient (Wildman–Crippen LogP) is 5.30. The van der Waals surface area contributed by atoms with Gasteiger partial charge in [0.1, 0.15) is 0 Å². The van der Waals surface area contributed by atoms with Gasteiger partial charge in [0, 0.05) is 27.7 Å². The van der Waals surface area contributed by atoms with Crippen molar-refractivity contribution in [2.75, 3.05) is 4.90 Å². The Morgan fingerprint density at radius 3 is 2.44 bits per heavy atom. The predicted molar refractivity (Wildman–Crippen MR) is 98.7 cm³/mol. The summed E-state index contributed by atoms with van der Waals surface area (Å²) < 4.78 is 38.2. The number of carbonyl (C=O) groups is 1. The Kier molecular flexibility index (Phi) is 4.97. The maximum absolute atomic E-state index is 12.7. The van der Waals surface area contributed by atoms with Gasteiger partial charge < -0.3 is 5.73 Å². The van der Waals surface area contributed by atoms with Gasteiger partial charge in [-0.3, -0.25) is 9.88 Å². The van der Waals surface area contributed by atoms with E-state index in [0.29, 0.717) is 16.3 Å². The molecule has 2 amide bonds. The van der Waals surface area contributed by atoms with Gasteiger partial charge in [-0.15, -0.1) is 0 Å². The number of nitrogens with two attached hydrogens (primary N) is 1. The summed E-state index contributed by atoms with van der Waals surface area (Å²) in [5.74, 6) is 0. The van der Waals surface area contributed by atoms with Crippen molar-refractivity contribution in [2.24, 2.45) is 5.73 Å². The average molecular weight is 394 g/mol. The van der Waals surface area contributed by atoms with E-state index in [1.165, 1.54) is 17.0 Å². The average Bonchev–Trinajstić information content (AvgIpc) is 2.59. The maximum Gasteiger partial charge on any atom is 0.416 e. The van der Waals surface area contributed by atoms with E-state index in [1.54, 1.807) is 24.4 Å². The SMILES string of the molecule is Cc1cc2c(N(Cc3ccc(C(F)(F)F)cc3)C(N)=O)cc(Cl)cc2cn1. The number of nitrogens with zero attached hydrogens (tertiary/aromatic N) is 2. The second kappa shape index (κ2) is 7.08. The minimum Gasteiger partial charge on any atom is -0.351 e. The van der Waals surface area contributed by atoms with Crippen LogP contribution < -0.4 is 10.6 Å². The van der Waals surface area contributed by atoms with E-state index in [0.717, 1.165) is 28.6 Å². The Morgan fingerprint density at radius 2 is 1.85 bits per heavy atom. The number of rotatable bonds is 3. The molecule has 27 heavy (non-hydrogen) atoms. The number of alkyl halides is 3. The van der Waals surface area contributed by atoms with Crippen molar-refractivity contribution < 1.29 is 18.0 Å². The van der Waals surface area contributed by atoms with Gasteiger partial charge in [0.2, 0.25) is 0 Å². The fourth-order valence-corrected chi connectivity index (χ4v) is 3.01. The molecule has 0 saturated carbocycles. The van der Waals surface area contributed by atoms with E-state index >= 15 is 0 Å². The molecule has 4 nitrogen and oxygen atoms in total. The maximum atomic E-state index is 12.7. The van der Waals surface area contributed by atoms with Crippen molar-refractivity contribution >= 4 is 34.1 Å². The number of aryl methyl sites for hydroxylation is 1. The third-order valence-electron chi connectivity index (χ3n) is 4.09. The normalized spacial score (nSPS) is 11.6. The lowest BCUT2D eigenvalue weighted by molar-refractivity contribution is -0.137. The first-order chi connectivity index (χ1) is 12.6. The van der Waals surface area contributed by atoms with Gasteiger partial charge in [0.15, 0.2) is 0 Å². The van der Waals surface area contributed by atoms with Crippen molar-refractivity contribution in [1.29, 1.82) is 0 Å². The number of anilines is 1. The summed E-state index contributed by atoms with van der Waals surface area (Å²) >= 11 is 6.15. The Hall–Kier alpha value is -2.80. The summed E-state index contributed by atoms with van der Waals surface area (Å²) in [6, 6.07) is 8.94. The number of aromatic nitrogens is 1. The van der Waals surface area contributed by atoms with Gasteiger partial charge in [-0.25, -0.2) is 4.79 Å². The van der Waals surface area contributed by atoms with Gasteiger partial charge in [0.25, 0.3) is 0 Å². The first-order valence-electron chi connectivity index (χ1n) is 7.94. The summed E-state index contributed by atoms with van der Waals surface area (Å²) in [5, 5.41) is 1.83. The zero-order chi connectivity index (χ0) is 19.8. The number of hydrogen-bond acceptors (Lipinski definition) is 2. The molecule has 0 radical (unpaired) electrons. The summed E-state index contributed by atoms with van der Waals surface area (Å²) in [7, 11) is 0. The molecule has 8 heteroatoms. The summed E-state index contributed by atoms with van der Waals surface area (Å²) in [4.78, 5) is 17.6. The molecule has 0 aliphatic carbocycles. The quantitative estimate of drug-likeness (QED) is 0.656. The highest BCUT2D eigenvalue weighted by atomic mass is 35.5. The highest BCUT2D eigenvalue weighted by Crippen LogP contribution is 2.33. The molecule has 0 bridgehead atoms. The van der Waals surface area contributed by atoms with Gasteiger partial charge >= 0.3 is 12.2 Å². The van der Waals surface area contributed by atoms with Crippen LogP contribution in [-0.2, 0) is 12.7 Å². The molecule has 0 atom stereocenters. The molecule has 3 aromatic rings. The Morgan fingerprint density at radius 1 is 1.19 bits per heavy atom. The van der Waals surface area contributed by atoms with Crippen molar-refractivity contribution in [2.45, 2.75) is 19.6 Å². The van der Waals surface area contributed by atoms with Gasteiger partial charge in [-0.05, 0) is 42.8 Å². The van der Waals surface area contributed by atoms with E-state index in [2.05, 4.69) is 4.98 Å². The minimum atomic E-state index is -4.42. The molecule has 0 fully saturated rings. The summed E-state index contributed by atoms with van der Waals surface area (Å²) in [6.45, 7) is 1.81. The van der Waals surface area contributed by atoms with E-state index in [9.17, 15) is 18.0 Å². The molecule has 1 aromatic heterocycles. The lowest BCUT2D eigenvalue weighted by Crippen LogP contribution is -2.35. The molecule has 140 valence electrons. The standard InChI is InChI=1S/C19H15ClF3N3O/c1-11-6-16-13(9-25-11)7-15(20)8-17(16)26(18(24)27)10-12-2-4-14(5-3-12)19(21,22)23/h2-9H,10H2,1H3,(H2,24,27). The number of benzene rings is 2. The van der Waals surface area contributed by atoms with Crippen LogP contribution in [0.2, 0.25) is 5.02 Å². The molecular formula is C19H15ClF3N3O. The Bertz CT molecular complexity index is 1000. The number of halogens is 4. The van der Waals surface area contributed by atoms with E-state index in [1.807, 2.05) is 6.92 Å². The van der Waals surface area contributed by atoms with Crippen LogP contribution in [0.4, 0.5) is 23.7 Å². The molecule has 0 spiro atoms.